The fraction of sp³-hybridized carbons (Fsp3) is 0.133. The fourth-order valence-corrected chi connectivity index (χ4v) is 2.51. The first-order chi connectivity index (χ1) is 9.74. The van der Waals surface area contributed by atoms with Gasteiger partial charge in [0.25, 0.3) is 0 Å². The Morgan fingerprint density at radius 1 is 1.25 bits per heavy atom. The van der Waals surface area contributed by atoms with E-state index in [1.807, 2.05) is 43.3 Å². The summed E-state index contributed by atoms with van der Waals surface area (Å²) in [6.45, 7) is 2.30. The summed E-state index contributed by atoms with van der Waals surface area (Å²) in [4.78, 5) is 0. The molecule has 0 atom stereocenters. The molecule has 4 nitrogen and oxygen atoms in total. The maximum Gasteiger partial charge on any atom is 0.231 e. The maximum atomic E-state index is 5.37. The molecule has 0 fully saturated rings. The van der Waals surface area contributed by atoms with Crippen LogP contribution in [-0.2, 0) is 0 Å². The van der Waals surface area contributed by atoms with Crippen molar-refractivity contribution in [2.75, 3.05) is 12.2 Å². The predicted molar refractivity (Wildman–Crippen MR) is 82.7 cm³/mol. The van der Waals surface area contributed by atoms with Gasteiger partial charge in [-0.2, -0.15) is 5.10 Å². The van der Waals surface area contributed by atoms with Gasteiger partial charge in [-0.05, 0) is 52.2 Å². The highest BCUT2D eigenvalue weighted by atomic mass is 79.9. The quantitative estimate of drug-likeness (QED) is 0.684. The number of hydrazone groups is 1. The van der Waals surface area contributed by atoms with Crippen LogP contribution in [0.15, 0.2) is 46.0 Å². The average Bonchev–Trinajstić information content (AvgIpc) is 2.90. The Morgan fingerprint density at radius 3 is 2.95 bits per heavy atom. The highest BCUT2D eigenvalue weighted by Crippen LogP contribution is 2.39. The zero-order valence-electron chi connectivity index (χ0n) is 10.9. The molecule has 20 heavy (non-hydrogen) atoms. The number of aryl methyl sites for hydroxylation is 1. The molecule has 0 unspecified atom stereocenters. The van der Waals surface area contributed by atoms with E-state index in [4.69, 9.17) is 9.47 Å². The first-order valence-corrected chi connectivity index (χ1v) is 6.97. The summed E-state index contributed by atoms with van der Waals surface area (Å²) in [6.07, 6.45) is 1.75. The lowest BCUT2D eigenvalue weighted by Gasteiger charge is -2.04. The van der Waals surface area contributed by atoms with Crippen LogP contribution in [0.25, 0.3) is 0 Å². The number of benzene rings is 2. The van der Waals surface area contributed by atoms with Gasteiger partial charge in [0.1, 0.15) is 0 Å². The minimum Gasteiger partial charge on any atom is -0.454 e. The predicted octanol–water partition coefficient (Wildman–Crippen LogP) is 3.93. The van der Waals surface area contributed by atoms with Crippen molar-refractivity contribution >= 4 is 27.8 Å². The number of nitrogens with one attached hydrogen (secondary N) is 1. The Hall–Kier alpha value is -2.01. The third kappa shape index (κ3) is 2.63. The fourth-order valence-electron chi connectivity index (χ4n) is 1.94. The second-order valence-electron chi connectivity index (χ2n) is 4.42. The van der Waals surface area contributed by atoms with Crippen molar-refractivity contribution in [3.8, 4) is 11.5 Å². The van der Waals surface area contributed by atoms with Crippen molar-refractivity contribution in [2.45, 2.75) is 6.92 Å². The third-order valence-electron chi connectivity index (χ3n) is 2.99. The molecule has 1 N–H and O–H groups in total. The first-order valence-electron chi connectivity index (χ1n) is 6.18. The molecule has 1 heterocycles. The molecule has 2 aromatic carbocycles. The highest BCUT2D eigenvalue weighted by Gasteiger charge is 2.17. The standard InChI is InChI=1S/C15H13BrN2O2/c1-10-4-2-3-5-13(10)18-17-8-11-6-12(16)15-14(7-11)19-9-20-15/h2-8,18H,9H2,1H3/b17-8-. The van der Waals surface area contributed by atoms with E-state index in [0.29, 0.717) is 0 Å². The third-order valence-corrected chi connectivity index (χ3v) is 3.58. The molecule has 0 spiro atoms. The highest BCUT2D eigenvalue weighted by molar-refractivity contribution is 9.10. The van der Waals surface area contributed by atoms with Crippen molar-refractivity contribution in [3.63, 3.8) is 0 Å². The largest absolute Gasteiger partial charge is 0.454 e. The number of anilines is 1. The number of para-hydroxylation sites is 1. The topological polar surface area (TPSA) is 42.9 Å². The number of fused-ring (bicyclic) bond motifs is 1. The minimum absolute atomic E-state index is 0.260. The molecular weight excluding hydrogens is 320 g/mol. The van der Waals surface area contributed by atoms with Crippen molar-refractivity contribution in [1.29, 1.82) is 0 Å². The summed E-state index contributed by atoms with van der Waals surface area (Å²) in [5.41, 5.74) is 6.10. The van der Waals surface area contributed by atoms with Gasteiger partial charge in [-0.15, -0.1) is 0 Å². The molecule has 1 aliphatic rings. The molecule has 102 valence electrons. The number of halogens is 1. The average molecular weight is 333 g/mol. The Labute approximate surface area is 125 Å². The second kappa shape index (κ2) is 5.54. The lowest BCUT2D eigenvalue weighted by atomic mass is 10.2. The first kappa shape index (κ1) is 13.0. The zero-order chi connectivity index (χ0) is 13.9. The van der Waals surface area contributed by atoms with Crippen molar-refractivity contribution in [2.24, 2.45) is 5.10 Å². The van der Waals surface area contributed by atoms with E-state index in [2.05, 4.69) is 26.5 Å². The number of hydrogen-bond acceptors (Lipinski definition) is 4. The van der Waals surface area contributed by atoms with Gasteiger partial charge in [0.05, 0.1) is 16.4 Å². The number of hydrogen-bond donors (Lipinski definition) is 1. The van der Waals surface area contributed by atoms with Gasteiger partial charge < -0.3 is 9.47 Å². The monoisotopic (exact) mass is 332 g/mol. The molecule has 0 bridgehead atoms. The van der Waals surface area contributed by atoms with E-state index in [0.717, 1.165) is 32.8 Å². The Kier molecular flexibility index (Phi) is 3.60. The lowest BCUT2D eigenvalue weighted by Crippen LogP contribution is -1.93. The van der Waals surface area contributed by atoms with E-state index in [1.165, 1.54) is 0 Å². The zero-order valence-corrected chi connectivity index (χ0v) is 12.5. The molecular formula is C15H13BrN2O2. The number of nitrogens with zero attached hydrogens (tertiary/aromatic N) is 1. The lowest BCUT2D eigenvalue weighted by molar-refractivity contribution is 0.173. The van der Waals surface area contributed by atoms with Gasteiger partial charge >= 0.3 is 0 Å². The van der Waals surface area contributed by atoms with Gasteiger partial charge in [-0.1, -0.05) is 18.2 Å². The van der Waals surface area contributed by atoms with Crippen LogP contribution in [0.5, 0.6) is 11.5 Å². The molecule has 0 aliphatic carbocycles. The van der Waals surface area contributed by atoms with Crippen molar-refractivity contribution in [1.82, 2.24) is 0 Å². The van der Waals surface area contributed by atoms with Gasteiger partial charge in [0, 0.05) is 0 Å². The van der Waals surface area contributed by atoms with E-state index < -0.39 is 0 Å². The van der Waals surface area contributed by atoms with Gasteiger partial charge in [-0.25, -0.2) is 0 Å². The molecule has 0 saturated heterocycles. The van der Waals surface area contributed by atoms with Crippen LogP contribution < -0.4 is 14.9 Å². The van der Waals surface area contributed by atoms with Crippen LogP contribution in [0.2, 0.25) is 0 Å². The summed E-state index contributed by atoms with van der Waals surface area (Å²) < 4.78 is 11.6. The molecule has 1 aliphatic heterocycles. The summed E-state index contributed by atoms with van der Waals surface area (Å²) in [7, 11) is 0. The SMILES string of the molecule is Cc1ccccc1N/N=C\c1cc(Br)c2c(c1)OCO2. The van der Waals surface area contributed by atoms with Crippen LogP contribution in [0.4, 0.5) is 5.69 Å². The minimum atomic E-state index is 0.260. The summed E-state index contributed by atoms with van der Waals surface area (Å²) in [5.74, 6) is 1.48. The van der Waals surface area contributed by atoms with Crippen molar-refractivity contribution < 1.29 is 9.47 Å². The number of ether oxygens (including phenoxy) is 2. The van der Waals surface area contributed by atoms with E-state index >= 15 is 0 Å². The summed E-state index contributed by atoms with van der Waals surface area (Å²) in [6, 6.07) is 11.8. The van der Waals surface area contributed by atoms with Crippen molar-refractivity contribution in [3.05, 3.63) is 52.0 Å². The molecule has 3 rings (SSSR count). The molecule has 2 aromatic rings. The van der Waals surface area contributed by atoms with Crippen LogP contribution in [-0.4, -0.2) is 13.0 Å². The molecule has 0 amide bonds. The van der Waals surface area contributed by atoms with Crippen LogP contribution in [0.1, 0.15) is 11.1 Å². The Balaban J connectivity index is 1.77. The Bertz CT molecular complexity index is 671. The van der Waals surface area contributed by atoms with Crippen LogP contribution in [0, 0.1) is 6.92 Å². The van der Waals surface area contributed by atoms with Crippen LogP contribution >= 0.6 is 15.9 Å². The van der Waals surface area contributed by atoms with Gasteiger partial charge in [0.2, 0.25) is 6.79 Å². The van der Waals surface area contributed by atoms with Gasteiger partial charge in [-0.3, -0.25) is 5.43 Å². The number of rotatable bonds is 3. The van der Waals surface area contributed by atoms with Gasteiger partial charge in [0.15, 0.2) is 11.5 Å². The smallest absolute Gasteiger partial charge is 0.231 e. The maximum absolute atomic E-state index is 5.37. The normalized spacial score (nSPS) is 12.9. The summed E-state index contributed by atoms with van der Waals surface area (Å²) >= 11 is 3.46. The van der Waals surface area contributed by atoms with Crippen LogP contribution in [0.3, 0.4) is 0 Å². The molecule has 0 radical (unpaired) electrons. The molecule has 0 aromatic heterocycles. The Morgan fingerprint density at radius 2 is 2.10 bits per heavy atom. The molecule has 0 saturated carbocycles. The van der Waals surface area contributed by atoms with E-state index in [-0.39, 0.29) is 6.79 Å². The summed E-state index contributed by atoms with van der Waals surface area (Å²) in [5, 5.41) is 4.25. The van der Waals surface area contributed by atoms with E-state index in [1.54, 1.807) is 6.21 Å². The van der Waals surface area contributed by atoms with E-state index in [9.17, 15) is 0 Å². The second-order valence-corrected chi connectivity index (χ2v) is 5.28. The molecule has 5 heteroatoms.